The number of carbonyl (C=O) groups excluding carboxylic acids is 2. The van der Waals surface area contributed by atoms with Gasteiger partial charge in [-0.15, -0.1) is 0 Å². The zero-order valence-electron chi connectivity index (χ0n) is 23.7. The van der Waals surface area contributed by atoms with E-state index < -0.39 is 11.7 Å². The van der Waals surface area contributed by atoms with Crippen LogP contribution in [-0.4, -0.2) is 46.2 Å². The summed E-state index contributed by atoms with van der Waals surface area (Å²) in [6.45, 7) is 8.39. The normalized spacial score (nSPS) is 11.4. The molecule has 0 aliphatic heterocycles. The van der Waals surface area contributed by atoms with Crippen molar-refractivity contribution < 1.29 is 19.1 Å². The van der Waals surface area contributed by atoms with Crippen molar-refractivity contribution in [2.24, 2.45) is 0 Å². The Bertz CT molecular complexity index is 1460. The second-order valence-corrected chi connectivity index (χ2v) is 10.9. The third-order valence-electron chi connectivity index (χ3n) is 6.27. The molecule has 1 amide bonds. The summed E-state index contributed by atoms with van der Waals surface area (Å²) in [4.78, 5) is 31.2. The zero-order valence-corrected chi connectivity index (χ0v) is 23.7. The van der Waals surface area contributed by atoms with Gasteiger partial charge in [-0.05, 0) is 62.1 Å². The lowest BCUT2D eigenvalue weighted by molar-refractivity contribution is 0.00704. The van der Waals surface area contributed by atoms with Crippen LogP contribution in [-0.2, 0) is 17.7 Å². The molecule has 4 rings (SSSR count). The second kappa shape index (κ2) is 11.7. The molecule has 1 aromatic heterocycles. The van der Waals surface area contributed by atoms with E-state index in [1.807, 2.05) is 63.2 Å². The Balaban J connectivity index is 1.65. The fraction of sp³-hybridized carbons (Fsp3) is 0.344. The van der Waals surface area contributed by atoms with Crippen LogP contribution in [0.4, 0.5) is 4.79 Å². The van der Waals surface area contributed by atoms with Crippen LogP contribution in [0.25, 0.3) is 22.2 Å². The Morgan fingerprint density at radius 3 is 2.36 bits per heavy atom. The molecule has 0 radical (unpaired) electrons. The minimum Gasteiger partial charge on any atom is -0.456 e. The topological polar surface area (TPSA) is 73.7 Å². The average Bonchev–Trinajstić information content (AvgIpc) is 3.23. The van der Waals surface area contributed by atoms with Crippen molar-refractivity contribution in [3.8, 4) is 16.9 Å². The highest BCUT2D eigenvalue weighted by molar-refractivity contribution is 5.97. The third-order valence-corrected chi connectivity index (χ3v) is 6.27. The summed E-state index contributed by atoms with van der Waals surface area (Å²) in [6, 6.07) is 21.3. The Kier molecular flexibility index (Phi) is 8.38. The summed E-state index contributed by atoms with van der Waals surface area (Å²) in [5, 5.41) is 0. The number of unbranched alkanes of at least 4 members (excludes halogenated alkanes) is 1. The van der Waals surface area contributed by atoms with Gasteiger partial charge in [0.1, 0.15) is 17.2 Å². The summed E-state index contributed by atoms with van der Waals surface area (Å²) in [6.07, 6.45) is 2.54. The van der Waals surface area contributed by atoms with Gasteiger partial charge in [0.15, 0.2) is 0 Å². The van der Waals surface area contributed by atoms with E-state index in [0.717, 1.165) is 52.8 Å². The number of aryl methyl sites for hydroxylation is 1. The number of benzene rings is 3. The van der Waals surface area contributed by atoms with E-state index in [-0.39, 0.29) is 5.97 Å². The first-order valence-corrected chi connectivity index (χ1v) is 13.4. The van der Waals surface area contributed by atoms with Crippen LogP contribution in [0.2, 0.25) is 0 Å². The van der Waals surface area contributed by atoms with E-state index in [4.69, 9.17) is 14.5 Å². The lowest BCUT2D eigenvalue weighted by atomic mass is 9.98. The van der Waals surface area contributed by atoms with Crippen LogP contribution in [0, 0.1) is 0 Å². The van der Waals surface area contributed by atoms with E-state index in [9.17, 15) is 9.59 Å². The van der Waals surface area contributed by atoms with Gasteiger partial charge in [0.05, 0.1) is 16.6 Å². The summed E-state index contributed by atoms with van der Waals surface area (Å²) in [5.41, 5.74) is 4.64. The first-order chi connectivity index (χ1) is 18.6. The molecule has 0 aliphatic rings. The summed E-state index contributed by atoms with van der Waals surface area (Å²) >= 11 is 0. The zero-order chi connectivity index (χ0) is 28.2. The molecule has 4 aromatic rings. The van der Waals surface area contributed by atoms with Crippen LogP contribution >= 0.6 is 0 Å². The van der Waals surface area contributed by atoms with Crippen molar-refractivity contribution in [2.75, 3.05) is 14.1 Å². The van der Waals surface area contributed by atoms with Gasteiger partial charge in [-0.2, -0.15) is 0 Å². The molecule has 3 aromatic carbocycles. The van der Waals surface area contributed by atoms with Gasteiger partial charge < -0.3 is 18.9 Å². The Labute approximate surface area is 230 Å². The van der Waals surface area contributed by atoms with Crippen molar-refractivity contribution in [2.45, 2.75) is 59.1 Å². The largest absolute Gasteiger partial charge is 0.456 e. The molecule has 0 saturated carbocycles. The van der Waals surface area contributed by atoms with Gasteiger partial charge in [0.25, 0.3) is 0 Å². The van der Waals surface area contributed by atoms with Crippen LogP contribution in [0.3, 0.4) is 0 Å². The minimum absolute atomic E-state index is 0.335. The molecule has 1 heterocycles. The predicted octanol–water partition coefficient (Wildman–Crippen LogP) is 7.11. The average molecular weight is 528 g/mol. The van der Waals surface area contributed by atoms with E-state index >= 15 is 0 Å². The molecule has 0 saturated heterocycles. The number of aromatic nitrogens is 2. The molecule has 204 valence electrons. The molecule has 0 unspecified atom stereocenters. The molecule has 0 atom stereocenters. The highest BCUT2D eigenvalue weighted by Gasteiger charge is 2.21. The number of carbonyl (C=O) groups is 2. The van der Waals surface area contributed by atoms with Crippen molar-refractivity contribution in [1.29, 1.82) is 0 Å². The molecular formula is C32H37N3O4. The van der Waals surface area contributed by atoms with Gasteiger partial charge in [-0.1, -0.05) is 55.8 Å². The fourth-order valence-corrected chi connectivity index (χ4v) is 4.33. The lowest BCUT2D eigenvalue weighted by Gasteiger charge is -2.20. The van der Waals surface area contributed by atoms with Crippen molar-refractivity contribution in [1.82, 2.24) is 14.5 Å². The summed E-state index contributed by atoms with van der Waals surface area (Å²) in [5.74, 6) is 1.15. The standard InChI is InChI=1S/C32H37N3O4/c1-7-8-13-29-33-27-19-18-24(38-31(37)34(5)6)20-28(27)35(29)21-22-14-16-23(17-15-22)25-11-9-10-12-26(25)30(36)39-32(2,3)4/h9-12,14-20H,7-8,13,21H2,1-6H3. The highest BCUT2D eigenvalue weighted by atomic mass is 16.6. The minimum atomic E-state index is -0.568. The molecule has 0 bridgehead atoms. The van der Waals surface area contributed by atoms with Crippen LogP contribution in [0.5, 0.6) is 5.75 Å². The molecule has 0 aliphatic carbocycles. The van der Waals surface area contributed by atoms with Crippen LogP contribution in [0.15, 0.2) is 66.7 Å². The van der Waals surface area contributed by atoms with Crippen molar-refractivity contribution >= 4 is 23.1 Å². The summed E-state index contributed by atoms with van der Waals surface area (Å²) < 4.78 is 13.3. The number of imidazole rings is 1. The number of hydrogen-bond donors (Lipinski definition) is 0. The Morgan fingerprint density at radius 2 is 1.69 bits per heavy atom. The Morgan fingerprint density at radius 1 is 0.974 bits per heavy atom. The van der Waals surface area contributed by atoms with E-state index in [2.05, 4.69) is 23.6 Å². The van der Waals surface area contributed by atoms with Crippen molar-refractivity contribution in [3.63, 3.8) is 0 Å². The second-order valence-electron chi connectivity index (χ2n) is 10.9. The first-order valence-electron chi connectivity index (χ1n) is 13.4. The number of nitrogens with zero attached hydrogens (tertiary/aromatic N) is 3. The van der Waals surface area contributed by atoms with E-state index in [1.165, 1.54) is 4.90 Å². The predicted molar refractivity (Wildman–Crippen MR) is 154 cm³/mol. The Hall–Kier alpha value is -4.13. The lowest BCUT2D eigenvalue weighted by Crippen LogP contribution is -2.25. The van der Waals surface area contributed by atoms with E-state index in [0.29, 0.717) is 17.9 Å². The molecule has 0 fully saturated rings. The molecule has 0 spiro atoms. The maximum atomic E-state index is 12.8. The number of hydrogen-bond acceptors (Lipinski definition) is 5. The molecule has 0 N–H and O–H groups in total. The first kappa shape index (κ1) is 27.9. The third kappa shape index (κ3) is 6.85. The quantitative estimate of drug-likeness (QED) is 0.228. The van der Waals surface area contributed by atoms with Crippen LogP contribution < -0.4 is 4.74 Å². The fourth-order valence-electron chi connectivity index (χ4n) is 4.33. The number of ether oxygens (including phenoxy) is 2. The molecule has 39 heavy (non-hydrogen) atoms. The number of esters is 1. The maximum Gasteiger partial charge on any atom is 0.414 e. The van der Waals surface area contributed by atoms with Gasteiger partial charge >= 0.3 is 12.1 Å². The number of amides is 1. The van der Waals surface area contributed by atoms with E-state index in [1.54, 1.807) is 26.2 Å². The number of fused-ring (bicyclic) bond motifs is 1. The van der Waals surface area contributed by atoms with Gasteiger partial charge in [0.2, 0.25) is 0 Å². The number of rotatable bonds is 8. The maximum absolute atomic E-state index is 12.8. The highest BCUT2D eigenvalue weighted by Crippen LogP contribution is 2.28. The molecular weight excluding hydrogens is 490 g/mol. The SMILES string of the molecule is CCCCc1nc2ccc(OC(=O)N(C)C)cc2n1Cc1ccc(-c2ccccc2C(=O)OC(C)(C)C)cc1. The smallest absolute Gasteiger partial charge is 0.414 e. The van der Waals surface area contributed by atoms with Gasteiger partial charge in [0, 0.05) is 33.1 Å². The van der Waals surface area contributed by atoms with Crippen LogP contribution in [0.1, 0.15) is 62.3 Å². The van der Waals surface area contributed by atoms with Gasteiger partial charge in [-0.3, -0.25) is 0 Å². The molecule has 7 nitrogen and oxygen atoms in total. The van der Waals surface area contributed by atoms with Gasteiger partial charge in [-0.25, -0.2) is 14.6 Å². The molecule has 7 heteroatoms. The van der Waals surface area contributed by atoms with Crippen molar-refractivity contribution in [3.05, 3.63) is 83.7 Å². The summed E-state index contributed by atoms with van der Waals surface area (Å²) in [7, 11) is 3.31. The monoisotopic (exact) mass is 527 g/mol.